The smallest absolute Gasteiger partial charge is 0.232 e. The molecule has 2 unspecified atom stereocenters. The van der Waals surface area contributed by atoms with E-state index >= 15 is 0 Å². The highest BCUT2D eigenvalue weighted by atomic mass is 15.4. The van der Waals surface area contributed by atoms with Crippen LogP contribution in [0.4, 0.5) is 17.8 Å². The van der Waals surface area contributed by atoms with Crippen molar-refractivity contribution >= 4 is 17.8 Å². The van der Waals surface area contributed by atoms with Gasteiger partial charge in [-0.3, -0.25) is 0 Å². The Hall–Kier alpha value is -1.75. The summed E-state index contributed by atoms with van der Waals surface area (Å²) in [6.07, 6.45) is 9.33. The van der Waals surface area contributed by atoms with Crippen LogP contribution in [0.2, 0.25) is 0 Å². The Kier molecular flexibility index (Phi) is 6.37. The molecule has 4 aliphatic rings. The first-order valence-electron chi connectivity index (χ1n) is 12.5. The van der Waals surface area contributed by atoms with Gasteiger partial charge in [-0.15, -0.1) is 0 Å². The van der Waals surface area contributed by atoms with Crippen molar-refractivity contribution in [1.82, 2.24) is 15.0 Å². The van der Waals surface area contributed by atoms with E-state index in [1.165, 1.54) is 38.5 Å². The first-order valence-corrected chi connectivity index (χ1v) is 12.5. The van der Waals surface area contributed by atoms with Crippen LogP contribution >= 0.6 is 0 Å². The number of fused-ring (bicyclic) bond motifs is 1. The molecule has 1 aromatic rings. The molecule has 32 heavy (non-hydrogen) atoms. The fourth-order valence-electron chi connectivity index (χ4n) is 6.31. The molecule has 0 bridgehead atoms. The van der Waals surface area contributed by atoms with Gasteiger partial charge in [0.15, 0.2) is 0 Å². The molecule has 1 saturated carbocycles. The molecule has 10 nitrogen and oxygen atoms in total. The molecule has 3 aliphatic heterocycles. The molecule has 8 N–H and O–H groups in total. The molecule has 0 radical (unpaired) electrons. The van der Waals surface area contributed by atoms with Crippen LogP contribution in [0, 0.1) is 5.92 Å². The highest BCUT2D eigenvalue weighted by molar-refractivity contribution is 5.48. The molecule has 0 amide bonds. The third kappa shape index (κ3) is 4.64. The van der Waals surface area contributed by atoms with Crippen LogP contribution < -0.4 is 37.6 Å². The van der Waals surface area contributed by atoms with Gasteiger partial charge in [-0.1, -0.05) is 12.8 Å². The molecule has 4 heterocycles. The summed E-state index contributed by atoms with van der Waals surface area (Å²) in [4.78, 5) is 21.6. The lowest BCUT2D eigenvalue weighted by atomic mass is 9.78. The molecule has 1 aromatic heterocycles. The number of nitrogens with zero attached hydrogens (tertiary/aromatic N) is 6. The molecule has 178 valence electrons. The number of piperidine rings is 3. The zero-order chi connectivity index (χ0) is 22.2. The molecule has 10 heteroatoms. The summed E-state index contributed by atoms with van der Waals surface area (Å²) in [6.45, 7) is 3.84. The van der Waals surface area contributed by atoms with Crippen LogP contribution in [0.1, 0.15) is 51.4 Å². The van der Waals surface area contributed by atoms with Gasteiger partial charge in [-0.2, -0.15) is 15.0 Å². The zero-order valence-corrected chi connectivity index (χ0v) is 19.1. The summed E-state index contributed by atoms with van der Waals surface area (Å²) in [7, 11) is 0. The van der Waals surface area contributed by atoms with E-state index < -0.39 is 0 Å². The van der Waals surface area contributed by atoms with Crippen LogP contribution in [0.25, 0.3) is 0 Å². The lowest BCUT2D eigenvalue weighted by Gasteiger charge is -2.44. The third-order valence-corrected chi connectivity index (χ3v) is 7.70. The molecule has 0 aromatic carbocycles. The zero-order valence-electron chi connectivity index (χ0n) is 19.1. The third-order valence-electron chi connectivity index (χ3n) is 7.70. The Morgan fingerprint density at radius 2 is 1.06 bits per heavy atom. The van der Waals surface area contributed by atoms with Gasteiger partial charge in [-0.05, 0) is 44.4 Å². The van der Waals surface area contributed by atoms with Gasteiger partial charge >= 0.3 is 0 Å². The summed E-state index contributed by atoms with van der Waals surface area (Å²) in [6, 6.07) is 0.625. The van der Waals surface area contributed by atoms with Crippen molar-refractivity contribution in [1.29, 1.82) is 0 Å². The quantitative estimate of drug-likeness (QED) is 0.491. The van der Waals surface area contributed by atoms with E-state index in [9.17, 15) is 0 Å². The Bertz CT molecular complexity index is 724. The van der Waals surface area contributed by atoms with Crippen molar-refractivity contribution in [3.63, 3.8) is 0 Å². The Morgan fingerprint density at radius 3 is 1.62 bits per heavy atom. The summed E-state index contributed by atoms with van der Waals surface area (Å²) < 4.78 is 0. The van der Waals surface area contributed by atoms with E-state index in [0.717, 1.165) is 31.3 Å². The average molecular weight is 445 g/mol. The van der Waals surface area contributed by atoms with E-state index in [-0.39, 0.29) is 24.2 Å². The van der Waals surface area contributed by atoms with Crippen molar-refractivity contribution in [3.8, 4) is 0 Å². The average Bonchev–Trinajstić information content (AvgIpc) is 2.77. The predicted molar refractivity (Wildman–Crippen MR) is 128 cm³/mol. The summed E-state index contributed by atoms with van der Waals surface area (Å²) in [5, 5.41) is 0. The van der Waals surface area contributed by atoms with E-state index in [0.29, 0.717) is 44.1 Å². The minimum absolute atomic E-state index is 0.0250. The fourth-order valence-corrected chi connectivity index (χ4v) is 6.31. The first kappa shape index (κ1) is 22.1. The van der Waals surface area contributed by atoms with E-state index in [1.54, 1.807) is 0 Å². The standard InChI is InChI=1S/C22H40N10/c23-15-8-16(24)11-30(10-15)20-27-21(31-12-17(25)9-18(26)13-31)29-22(28-20)32-7-3-5-14-4-1-2-6-19(14)32/h14-19H,1-13,23-26H2/t14?,15-,16+,17-,18+,19?. The molecule has 1 aliphatic carbocycles. The predicted octanol–water partition coefficient (Wildman–Crippen LogP) is -0.240. The second-order valence-corrected chi connectivity index (χ2v) is 10.5. The molecular weight excluding hydrogens is 404 g/mol. The van der Waals surface area contributed by atoms with Gasteiger partial charge in [0, 0.05) is 62.9 Å². The Balaban J connectivity index is 1.50. The molecule has 0 spiro atoms. The van der Waals surface area contributed by atoms with Gasteiger partial charge in [0.05, 0.1) is 0 Å². The number of rotatable bonds is 3. The second-order valence-electron chi connectivity index (χ2n) is 10.5. The lowest BCUT2D eigenvalue weighted by Crippen LogP contribution is -2.54. The molecule has 3 saturated heterocycles. The minimum atomic E-state index is 0.0250. The van der Waals surface area contributed by atoms with Crippen LogP contribution in [-0.2, 0) is 0 Å². The maximum Gasteiger partial charge on any atom is 0.232 e. The normalized spacial score (nSPS) is 36.2. The fraction of sp³-hybridized carbons (Fsp3) is 0.864. The maximum atomic E-state index is 6.29. The summed E-state index contributed by atoms with van der Waals surface area (Å²) >= 11 is 0. The van der Waals surface area contributed by atoms with Crippen LogP contribution in [0.5, 0.6) is 0 Å². The monoisotopic (exact) mass is 444 g/mol. The van der Waals surface area contributed by atoms with Crippen LogP contribution in [-0.4, -0.2) is 77.9 Å². The van der Waals surface area contributed by atoms with Gasteiger partial charge < -0.3 is 37.6 Å². The Morgan fingerprint density at radius 1 is 0.594 bits per heavy atom. The first-order chi connectivity index (χ1) is 15.5. The number of aromatic nitrogens is 3. The highest BCUT2D eigenvalue weighted by Gasteiger charge is 2.36. The molecular formula is C22H40N10. The second kappa shape index (κ2) is 9.24. The number of anilines is 3. The lowest BCUT2D eigenvalue weighted by molar-refractivity contribution is 0.241. The largest absolute Gasteiger partial charge is 0.338 e. The molecule has 5 rings (SSSR count). The van der Waals surface area contributed by atoms with Gasteiger partial charge in [-0.25, -0.2) is 0 Å². The SMILES string of the molecule is N[C@@H]1C[C@H](N)CN(c2nc(N3C[C@H](N)C[C@H](N)C3)nc(N3CCCC4CCCCC43)n2)C1. The van der Waals surface area contributed by atoms with Crippen molar-refractivity contribution in [3.05, 3.63) is 0 Å². The molecule has 6 atom stereocenters. The van der Waals surface area contributed by atoms with Crippen molar-refractivity contribution in [2.45, 2.75) is 81.6 Å². The molecule has 4 fully saturated rings. The maximum absolute atomic E-state index is 6.29. The summed E-state index contributed by atoms with van der Waals surface area (Å²) in [5.41, 5.74) is 25.2. The Labute approximate surface area is 191 Å². The van der Waals surface area contributed by atoms with E-state index in [1.807, 2.05) is 0 Å². The number of hydrogen-bond acceptors (Lipinski definition) is 10. The van der Waals surface area contributed by atoms with Gasteiger partial charge in [0.25, 0.3) is 0 Å². The number of nitrogens with two attached hydrogens (primary N) is 4. The minimum Gasteiger partial charge on any atom is -0.338 e. The van der Waals surface area contributed by atoms with E-state index in [4.69, 9.17) is 37.9 Å². The highest BCUT2D eigenvalue weighted by Crippen LogP contribution is 2.37. The van der Waals surface area contributed by atoms with Gasteiger partial charge in [0.2, 0.25) is 17.8 Å². The van der Waals surface area contributed by atoms with Gasteiger partial charge in [0.1, 0.15) is 0 Å². The summed E-state index contributed by atoms with van der Waals surface area (Å²) in [5.74, 6) is 2.90. The van der Waals surface area contributed by atoms with Crippen LogP contribution in [0.15, 0.2) is 0 Å². The van der Waals surface area contributed by atoms with Crippen molar-refractivity contribution < 1.29 is 0 Å². The van der Waals surface area contributed by atoms with Crippen LogP contribution in [0.3, 0.4) is 0 Å². The van der Waals surface area contributed by atoms with E-state index in [2.05, 4.69) is 14.7 Å². The van der Waals surface area contributed by atoms with Crippen molar-refractivity contribution in [2.24, 2.45) is 28.9 Å². The number of hydrogen-bond donors (Lipinski definition) is 4. The van der Waals surface area contributed by atoms with Crippen molar-refractivity contribution in [2.75, 3.05) is 47.4 Å². The topological polar surface area (TPSA) is 152 Å².